The molecular weight excluding hydrogens is 240 g/mol. The Kier molecular flexibility index (Phi) is 3.59. The molecule has 104 valence electrons. The first-order valence-electron chi connectivity index (χ1n) is 7.24. The topological polar surface area (TPSA) is 35.5 Å². The first-order valence-corrected chi connectivity index (χ1v) is 7.24. The molecule has 0 saturated heterocycles. The van der Waals surface area contributed by atoms with Crippen molar-refractivity contribution >= 4 is 5.78 Å². The maximum Gasteiger partial charge on any atom is 0.159 e. The van der Waals surface area contributed by atoms with Crippen molar-refractivity contribution in [3.8, 4) is 0 Å². The fourth-order valence-corrected chi connectivity index (χ4v) is 4.21. The molecule has 3 aliphatic carbocycles. The van der Waals surface area contributed by atoms with Gasteiger partial charge in [0.05, 0.1) is 12.2 Å². The smallest absolute Gasteiger partial charge is 0.159 e. The van der Waals surface area contributed by atoms with Crippen molar-refractivity contribution in [3.05, 3.63) is 23.8 Å². The Labute approximate surface area is 114 Å². The van der Waals surface area contributed by atoms with Gasteiger partial charge in [0.2, 0.25) is 0 Å². The van der Waals surface area contributed by atoms with Gasteiger partial charge in [-0.3, -0.25) is 4.79 Å². The third-order valence-corrected chi connectivity index (χ3v) is 5.07. The van der Waals surface area contributed by atoms with Crippen LogP contribution in [0.2, 0.25) is 0 Å². The minimum absolute atomic E-state index is 0.0490. The highest BCUT2D eigenvalue weighted by Crippen LogP contribution is 2.47. The molecule has 3 nitrogen and oxygen atoms in total. The fraction of sp³-hybridized carbons (Fsp3) is 0.688. The van der Waals surface area contributed by atoms with E-state index in [0.29, 0.717) is 17.6 Å². The van der Waals surface area contributed by atoms with Gasteiger partial charge >= 0.3 is 0 Å². The molecule has 3 heteroatoms. The summed E-state index contributed by atoms with van der Waals surface area (Å²) >= 11 is 0. The maximum absolute atomic E-state index is 12.3. The Balaban J connectivity index is 1.97. The van der Waals surface area contributed by atoms with Crippen molar-refractivity contribution in [1.82, 2.24) is 0 Å². The Morgan fingerprint density at radius 1 is 1.11 bits per heavy atom. The molecule has 3 aliphatic rings. The third-order valence-electron chi connectivity index (χ3n) is 5.07. The number of ether oxygens (including phenoxy) is 2. The highest BCUT2D eigenvalue weighted by molar-refractivity contribution is 5.94. The monoisotopic (exact) mass is 262 g/mol. The third kappa shape index (κ3) is 2.09. The van der Waals surface area contributed by atoms with Gasteiger partial charge in [0.15, 0.2) is 5.78 Å². The number of carbonyl (C=O) groups is 1. The number of hydrogen-bond acceptors (Lipinski definition) is 3. The zero-order chi connectivity index (χ0) is 13.4. The molecule has 0 aliphatic heterocycles. The van der Waals surface area contributed by atoms with Gasteiger partial charge in [0, 0.05) is 26.1 Å². The van der Waals surface area contributed by atoms with Gasteiger partial charge in [-0.05, 0) is 43.3 Å². The van der Waals surface area contributed by atoms with E-state index < -0.39 is 0 Å². The standard InChI is InChI=1S/C16H22O3/c1-18-14-8-7-12-13(17)9-10-5-3-4-6-11(10)15(12)16(14)19-2/h3,5,9,11-12,14-16H,4,6-8H2,1-2H3. The molecule has 1 saturated carbocycles. The number of allylic oxidation sites excluding steroid dienone is 4. The summed E-state index contributed by atoms with van der Waals surface area (Å²) in [4.78, 5) is 12.3. The predicted molar refractivity (Wildman–Crippen MR) is 72.8 cm³/mol. The molecule has 5 atom stereocenters. The van der Waals surface area contributed by atoms with E-state index in [2.05, 4.69) is 12.2 Å². The van der Waals surface area contributed by atoms with Crippen LogP contribution in [0.4, 0.5) is 0 Å². The molecule has 0 heterocycles. The average molecular weight is 262 g/mol. The van der Waals surface area contributed by atoms with Gasteiger partial charge in [-0.2, -0.15) is 0 Å². The molecule has 1 fully saturated rings. The lowest BCUT2D eigenvalue weighted by atomic mass is 9.61. The lowest BCUT2D eigenvalue weighted by Crippen LogP contribution is -2.51. The summed E-state index contributed by atoms with van der Waals surface area (Å²) < 4.78 is 11.3. The van der Waals surface area contributed by atoms with Crippen LogP contribution >= 0.6 is 0 Å². The highest BCUT2D eigenvalue weighted by atomic mass is 16.5. The Morgan fingerprint density at radius 3 is 2.68 bits per heavy atom. The van der Waals surface area contributed by atoms with Crippen LogP contribution in [0.1, 0.15) is 25.7 Å². The zero-order valence-corrected chi connectivity index (χ0v) is 11.7. The normalized spacial score (nSPS) is 41.5. The zero-order valence-electron chi connectivity index (χ0n) is 11.7. The Bertz CT molecular complexity index is 424. The number of rotatable bonds is 2. The minimum Gasteiger partial charge on any atom is -0.379 e. The van der Waals surface area contributed by atoms with Crippen molar-refractivity contribution in [1.29, 1.82) is 0 Å². The predicted octanol–water partition coefficient (Wildman–Crippen LogP) is 2.52. The Morgan fingerprint density at radius 2 is 1.95 bits per heavy atom. The number of ketones is 1. The Hall–Kier alpha value is -0.930. The molecule has 0 amide bonds. The van der Waals surface area contributed by atoms with E-state index in [0.717, 1.165) is 25.7 Å². The van der Waals surface area contributed by atoms with Crippen LogP contribution in [0.15, 0.2) is 23.8 Å². The van der Waals surface area contributed by atoms with Gasteiger partial charge in [-0.15, -0.1) is 0 Å². The number of methoxy groups -OCH3 is 2. The van der Waals surface area contributed by atoms with Crippen LogP contribution in [-0.4, -0.2) is 32.2 Å². The van der Waals surface area contributed by atoms with Crippen molar-refractivity contribution in [3.63, 3.8) is 0 Å². The summed E-state index contributed by atoms with van der Waals surface area (Å²) in [5.41, 5.74) is 1.20. The van der Waals surface area contributed by atoms with Crippen molar-refractivity contribution in [2.75, 3.05) is 14.2 Å². The van der Waals surface area contributed by atoms with Crippen molar-refractivity contribution < 1.29 is 14.3 Å². The van der Waals surface area contributed by atoms with Gasteiger partial charge in [0.25, 0.3) is 0 Å². The second-order valence-corrected chi connectivity index (χ2v) is 5.87. The van der Waals surface area contributed by atoms with E-state index in [1.807, 2.05) is 6.08 Å². The van der Waals surface area contributed by atoms with Crippen LogP contribution in [0.5, 0.6) is 0 Å². The largest absolute Gasteiger partial charge is 0.379 e. The minimum atomic E-state index is 0.0490. The van der Waals surface area contributed by atoms with Crippen LogP contribution < -0.4 is 0 Å². The lowest BCUT2D eigenvalue weighted by molar-refractivity contribution is -0.142. The van der Waals surface area contributed by atoms with Gasteiger partial charge in [-0.1, -0.05) is 12.2 Å². The van der Waals surface area contributed by atoms with Gasteiger partial charge in [-0.25, -0.2) is 0 Å². The average Bonchev–Trinajstić information content (AvgIpc) is 2.46. The molecule has 19 heavy (non-hydrogen) atoms. The number of hydrogen-bond donors (Lipinski definition) is 0. The van der Waals surface area contributed by atoms with E-state index in [1.165, 1.54) is 5.57 Å². The summed E-state index contributed by atoms with van der Waals surface area (Å²) in [6, 6.07) is 0. The lowest BCUT2D eigenvalue weighted by Gasteiger charge is -2.47. The second kappa shape index (κ2) is 5.22. The van der Waals surface area contributed by atoms with Crippen LogP contribution in [0.25, 0.3) is 0 Å². The summed E-state index contributed by atoms with van der Waals surface area (Å²) in [5.74, 6) is 1.19. The molecule has 0 aromatic carbocycles. The molecule has 0 aromatic rings. The van der Waals surface area contributed by atoms with E-state index in [-0.39, 0.29) is 18.1 Å². The number of carbonyl (C=O) groups excluding carboxylic acids is 1. The first-order chi connectivity index (χ1) is 9.26. The molecule has 0 N–H and O–H groups in total. The summed E-state index contributed by atoms with van der Waals surface area (Å²) in [5, 5.41) is 0. The van der Waals surface area contributed by atoms with E-state index in [4.69, 9.17) is 9.47 Å². The van der Waals surface area contributed by atoms with E-state index in [1.54, 1.807) is 14.2 Å². The maximum atomic E-state index is 12.3. The quantitative estimate of drug-likeness (QED) is 0.767. The first kappa shape index (κ1) is 13.1. The summed E-state index contributed by atoms with van der Waals surface area (Å²) in [6.07, 6.45) is 10.5. The molecule has 0 radical (unpaired) electrons. The van der Waals surface area contributed by atoms with E-state index in [9.17, 15) is 4.79 Å². The molecular formula is C16H22O3. The summed E-state index contributed by atoms with van der Waals surface area (Å²) in [6.45, 7) is 0. The van der Waals surface area contributed by atoms with E-state index >= 15 is 0 Å². The SMILES string of the molecule is COC1CCC2C(=O)C=C3C=CCCC3C2C1OC. The molecule has 0 bridgehead atoms. The van der Waals surface area contributed by atoms with Crippen LogP contribution in [0, 0.1) is 17.8 Å². The molecule has 0 aromatic heterocycles. The molecule has 3 rings (SSSR count). The van der Waals surface area contributed by atoms with Gasteiger partial charge in [0.1, 0.15) is 0 Å². The highest BCUT2D eigenvalue weighted by Gasteiger charge is 2.49. The molecule has 0 spiro atoms. The molecule has 5 unspecified atom stereocenters. The number of fused-ring (bicyclic) bond motifs is 3. The van der Waals surface area contributed by atoms with Crippen molar-refractivity contribution in [2.24, 2.45) is 17.8 Å². The van der Waals surface area contributed by atoms with Crippen LogP contribution in [0.3, 0.4) is 0 Å². The van der Waals surface area contributed by atoms with Crippen molar-refractivity contribution in [2.45, 2.75) is 37.9 Å². The van der Waals surface area contributed by atoms with Gasteiger partial charge < -0.3 is 9.47 Å². The second-order valence-electron chi connectivity index (χ2n) is 5.87. The van der Waals surface area contributed by atoms with Crippen LogP contribution in [-0.2, 0) is 14.3 Å². The summed E-state index contributed by atoms with van der Waals surface area (Å²) in [7, 11) is 3.50. The fourth-order valence-electron chi connectivity index (χ4n) is 4.21.